The van der Waals surface area contributed by atoms with Crippen LogP contribution in [0.15, 0.2) is 103 Å². The van der Waals surface area contributed by atoms with Gasteiger partial charge in [0.25, 0.3) is 17.7 Å². The summed E-state index contributed by atoms with van der Waals surface area (Å²) in [6, 6.07) is 26.4. The van der Waals surface area contributed by atoms with E-state index < -0.39 is 0 Å². The number of anilines is 4. The third-order valence-corrected chi connectivity index (χ3v) is 7.81. The van der Waals surface area contributed by atoms with Crippen LogP contribution in [0.5, 0.6) is 0 Å². The number of amides is 3. The molecule has 5 aromatic rings. The van der Waals surface area contributed by atoms with E-state index >= 15 is 0 Å². The van der Waals surface area contributed by atoms with E-state index in [0.29, 0.717) is 64.9 Å². The van der Waals surface area contributed by atoms with Gasteiger partial charge in [0.05, 0.1) is 32.7 Å². The predicted octanol–water partition coefficient (Wildman–Crippen LogP) is 9.62. The highest BCUT2D eigenvalue weighted by atomic mass is 79.9. The van der Waals surface area contributed by atoms with Crippen LogP contribution in [0.25, 0.3) is 0 Å². The van der Waals surface area contributed by atoms with Crippen LogP contribution in [0.2, 0.25) is 20.1 Å². The van der Waals surface area contributed by atoms with Crippen molar-refractivity contribution in [1.82, 2.24) is 4.98 Å². The number of aromatic nitrogens is 1. The molecule has 5 rings (SSSR count). The molecule has 13 heteroatoms. The third-order valence-electron chi connectivity index (χ3n) is 6.11. The highest BCUT2D eigenvalue weighted by molar-refractivity contribution is 9.08. The Hall–Kier alpha value is -4.12. The normalized spacial score (nSPS) is 10.3. The molecule has 234 valence electrons. The van der Waals surface area contributed by atoms with Gasteiger partial charge in [0.2, 0.25) is 0 Å². The van der Waals surface area contributed by atoms with Crippen LogP contribution >= 0.6 is 62.3 Å². The minimum atomic E-state index is -0.359. The van der Waals surface area contributed by atoms with Crippen LogP contribution in [-0.4, -0.2) is 22.7 Å². The van der Waals surface area contributed by atoms with Crippen molar-refractivity contribution in [2.24, 2.45) is 0 Å². The summed E-state index contributed by atoms with van der Waals surface area (Å²) in [6.07, 6.45) is 1.50. The fraction of sp³-hybridized carbons (Fsp3) is 0.0303. The van der Waals surface area contributed by atoms with Crippen molar-refractivity contribution in [1.29, 1.82) is 0 Å². The van der Waals surface area contributed by atoms with E-state index in [0.717, 1.165) is 5.69 Å². The molecule has 3 amide bonds. The molecular formula is C33H24BrCl4N5O3. The number of pyridine rings is 1. The predicted molar refractivity (Wildman–Crippen MR) is 191 cm³/mol. The average Bonchev–Trinajstić information content (AvgIpc) is 3.04. The molecule has 0 fully saturated rings. The number of hydrogen-bond donors (Lipinski definition) is 4. The van der Waals surface area contributed by atoms with Gasteiger partial charge in [-0.2, -0.15) is 0 Å². The molecular weight excluding hydrogens is 736 g/mol. The summed E-state index contributed by atoms with van der Waals surface area (Å²) >= 11 is 27.2. The molecule has 0 atom stereocenters. The van der Waals surface area contributed by atoms with Crippen molar-refractivity contribution >= 4 is 103 Å². The zero-order valence-corrected chi connectivity index (χ0v) is 28.3. The van der Waals surface area contributed by atoms with Gasteiger partial charge in [-0.3, -0.25) is 19.4 Å². The van der Waals surface area contributed by atoms with Gasteiger partial charge in [0, 0.05) is 44.1 Å². The first-order chi connectivity index (χ1) is 22.0. The second-order valence-electron chi connectivity index (χ2n) is 9.49. The van der Waals surface area contributed by atoms with Crippen LogP contribution in [0.1, 0.15) is 36.8 Å². The van der Waals surface area contributed by atoms with E-state index in [2.05, 4.69) is 36.9 Å². The first-order valence-electron chi connectivity index (χ1n) is 13.3. The lowest BCUT2D eigenvalue weighted by atomic mass is 10.2. The van der Waals surface area contributed by atoms with Gasteiger partial charge in [-0.1, -0.05) is 74.5 Å². The molecule has 8 nitrogen and oxygen atoms in total. The number of carbonyl (C=O) groups is 3. The number of halogens is 5. The molecule has 0 aliphatic rings. The SMILES string of the molecule is Nc1ccc(Cl)c(NC(=O)c2cccc(Cl)c2)c1.O=C(Nc1ccc(Cl)c(NC(=O)c2cccc(Cl)c2)c1)c1ccc(CBr)nc1. The lowest BCUT2D eigenvalue weighted by molar-refractivity contribution is 0.101. The Morgan fingerprint density at radius 3 is 1.70 bits per heavy atom. The molecule has 0 spiro atoms. The molecule has 46 heavy (non-hydrogen) atoms. The standard InChI is InChI=1S/C20H14BrCl2N3O2.C13H10Cl2N2O/c21-10-16-5-4-13(11-24-16)20(28)25-15-6-7-17(23)18(9-15)26-19(27)12-2-1-3-14(22)8-12;14-9-3-1-2-8(6-9)13(18)17-12-7-10(16)4-5-11(12)15/h1-9,11H,10H2,(H,25,28)(H,26,27);1-7H,16H2,(H,17,18). The monoisotopic (exact) mass is 757 g/mol. The van der Waals surface area contributed by atoms with Gasteiger partial charge in [-0.05, 0) is 84.9 Å². The molecule has 5 N–H and O–H groups in total. The summed E-state index contributed by atoms with van der Waals surface area (Å²) < 4.78 is 0. The molecule has 1 heterocycles. The fourth-order valence-corrected chi connectivity index (χ4v) is 4.87. The minimum Gasteiger partial charge on any atom is -0.399 e. The van der Waals surface area contributed by atoms with Crippen LogP contribution in [0.3, 0.4) is 0 Å². The van der Waals surface area contributed by atoms with Crippen molar-refractivity contribution < 1.29 is 14.4 Å². The Morgan fingerprint density at radius 1 is 0.630 bits per heavy atom. The lowest BCUT2D eigenvalue weighted by Gasteiger charge is -2.11. The Balaban J connectivity index is 0.000000230. The molecule has 4 aromatic carbocycles. The van der Waals surface area contributed by atoms with Crippen LogP contribution in [-0.2, 0) is 5.33 Å². The van der Waals surface area contributed by atoms with Crippen molar-refractivity contribution in [3.8, 4) is 0 Å². The Kier molecular flexibility index (Phi) is 12.4. The quantitative estimate of drug-likeness (QED) is 0.0972. The smallest absolute Gasteiger partial charge is 0.257 e. The minimum absolute atomic E-state index is 0.287. The number of nitrogens with zero attached hydrogens (tertiary/aromatic N) is 1. The van der Waals surface area contributed by atoms with E-state index in [9.17, 15) is 14.4 Å². The lowest BCUT2D eigenvalue weighted by Crippen LogP contribution is -2.14. The molecule has 0 aliphatic carbocycles. The van der Waals surface area contributed by atoms with Crippen molar-refractivity contribution in [2.75, 3.05) is 21.7 Å². The summed E-state index contributed by atoms with van der Waals surface area (Å²) in [5.41, 5.74) is 9.60. The van der Waals surface area contributed by atoms with Crippen LogP contribution < -0.4 is 21.7 Å². The molecule has 0 radical (unpaired) electrons. The van der Waals surface area contributed by atoms with Gasteiger partial charge in [0.1, 0.15) is 0 Å². The first kappa shape index (κ1) is 34.7. The number of hydrogen-bond acceptors (Lipinski definition) is 5. The number of nitrogens with one attached hydrogen (secondary N) is 3. The summed E-state index contributed by atoms with van der Waals surface area (Å²) in [4.78, 5) is 40.9. The molecule has 0 aliphatic heterocycles. The zero-order chi connectivity index (χ0) is 33.2. The summed E-state index contributed by atoms with van der Waals surface area (Å²) in [6.45, 7) is 0. The third kappa shape index (κ3) is 9.94. The highest BCUT2D eigenvalue weighted by Crippen LogP contribution is 2.27. The maximum Gasteiger partial charge on any atom is 0.257 e. The maximum absolute atomic E-state index is 12.4. The Labute approximate surface area is 293 Å². The zero-order valence-electron chi connectivity index (χ0n) is 23.7. The Bertz CT molecular complexity index is 1890. The number of carbonyl (C=O) groups excluding carboxylic acids is 3. The summed E-state index contributed by atoms with van der Waals surface area (Å²) in [7, 11) is 0. The van der Waals surface area contributed by atoms with E-state index in [4.69, 9.17) is 52.1 Å². The van der Waals surface area contributed by atoms with E-state index in [1.807, 2.05) is 0 Å². The van der Waals surface area contributed by atoms with E-state index in [-0.39, 0.29) is 17.7 Å². The molecule has 0 unspecified atom stereocenters. The van der Waals surface area contributed by atoms with Crippen molar-refractivity contribution in [3.05, 3.63) is 146 Å². The van der Waals surface area contributed by atoms with Gasteiger partial charge in [-0.15, -0.1) is 0 Å². The van der Waals surface area contributed by atoms with Crippen LogP contribution in [0.4, 0.5) is 22.7 Å². The van der Waals surface area contributed by atoms with Gasteiger partial charge in [-0.25, -0.2) is 0 Å². The second kappa shape index (κ2) is 16.4. The maximum atomic E-state index is 12.4. The number of benzene rings is 4. The Morgan fingerprint density at radius 2 is 1.17 bits per heavy atom. The molecule has 0 saturated carbocycles. The van der Waals surface area contributed by atoms with Crippen molar-refractivity contribution in [2.45, 2.75) is 5.33 Å². The first-order valence-corrected chi connectivity index (χ1v) is 16.0. The molecule has 1 aromatic heterocycles. The van der Waals surface area contributed by atoms with Gasteiger partial charge in [0.15, 0.2) is 0 Å². The molecule has 0 saturated heterocycles. The highest BCUT2D eigenvalue weighted by Gasteiger charge is 2.13. The van der Waals surface area contributed by atoms with Crippen LogP contribution in [0, 0.1) is 0 Å². The van der Waals surface area contributed by atoms with E-state index in [1.54, 1.807) is 97.1 Å². The summed E-state index contributed by atoms with van der Waals surface area (Å²) in [5, 5.41) is 10.5. The van der Waals surface area contributed by atoms with Gasteiger partial charge >= 0.3 is 0 Å². The second-order valence-corrected chi connectivity index (χ2v) is 11.7. The van der Waals surface area contributed by atoms with Gasteiger partial charge < -0.3 is 21.7 Å². The summed E-state index contributed by atoms with van der Waals surface area (Å²) in [5.74, 6) is -0.962. The van der Waals surface area contributed by atoms with Crippen molar-refractivity contribution in [3.63, 3.8) is 0 Å². The number of nitrogens with two attached hydrogens (primary N) is 1. The largest absolute Gasteiger partial charge is 0.399 e. The number of alkyl halides is 1. The fourth-order valence-electron chi connectivity index (χ4n) is 3.83. The van der Waals surface area contributed by atoms with E-state index in [1.165, 1.54) is 6.20 Å². The number of nitrogen functional groups attached to an aromatic ring is 1. The topological polar surface area (TPSA) is 126 Å². The average molecular weight is 760 g/mol. The number of rotatable bonds is 7. The molecule has 0 bridgehead atoms.